The number of likely N-dealkylation sites (tertiary alicyclic amines) is 1. The summed E-state index contributed by atoms with van der Waals surface area (Å²) in [6.45, 7) is 8.00. The Kier molecular flexibility index (Phi) is 8.61. The van der Waals surface area contributed by atoms with Crippen molar-refractivity contribution in [1.29, 1.82) is 0 Å². The first-order valence-corrected chi connectivity index (χ1v) is 20.2. The molecule has 0 spiro atoms. The Morgan fingerprint density at radius 3 is 2.71 bits per heavy atom. The first kappa shape index (κ1) is 34.9. The van der Waals surface area contributed by atoms with E-state index >= 15 is 4.39 Å². The number of alkyl halides is 1. The van der Waals surface area contributed by atoms with Crippen LogP contribution in [-0.4, -0.2) is 110 Å². The molecule has 2 bridgehead atoms. The second-order valence-electron chi connectivity index (χ2n) is 16.6. The molecule has 0 radical (unpaired) electrons. The summed E-state index contributed by atoms with van der Waals surface area (Å²) in [6.07, 6.45) is 5.65. The Morgan fingerprint density at radius 1 is 1.02 bits per heavy atom. The highest BCUT2D eigenvalue weighted by Gasteiger charge is 2.49. The number of ether oxygens (including phenoxy) is 1. The number of benzene rings is 2. The number of aryl methyl sites for hydroxylation is 2. The zero-order chi connectivity index (χ0) is 37.4. The number of hydrogen-bond donors (Lipinski definition) is 2. The van der Waals surface area contributed by atoms with Crippen LogP contribution in [0.1, 0.15) is 78.5 Å². The lowest BCUT2D eigenvalue weighted by Gasteiger charge is -2.35. The number of rotatable bonds is 7. The van der Waals surface area contributed by atoms with E-state index in [1.807, 2.05) is 22.6 Å². The zero-order valence-corrected chi connectivity index (χ0v) is 31.4. The summed E-state index contributed by atoms with van der Waals surface area (Å²) in [5.74, 6) is 0.667. The first-order chi connectivity index (χ1) is 26.7. The number of aromatic hydroxyl groups is 1. The van der Waals surface area contributed by atoms with Gasteiger partial charge in [0, 0.05) is 80.5 Å². The van der Waals surface area contributed by atoms with Crippen LogP contribution in [0.15, 0.2) is 30.3 Å². The quantitative estimate of drug-likeness (QED) is 0.275. The number of phenols is 1. The minimum atomic E-state index is -0.868. The van der Waals surface area contributed by atoms with E-state index in [4.69, 9.17) is 19.8 Å². The van der Waals surface area contributed by atoms with Gasteiger partial charge >= 0.3 is 6.01 Å². The van der Waals surface area contributed by atoms with Crippen molar-refractivity contribution < 1.29 is 23.4 Å². The first-order valence-electron chi connectivity index (χ1n) is 20.2. The van der Waals surface area contributed by atoms with Crippen LogP contribution in [0.4, 0.5) is 20.3 Å². The van der Waals surface area contributed by atoms with Crippen LogP contribution in [0, 0.1) is 5.82 Å². The fraction of sp³-hybridized carbons (Fsp3) is 0.561. The Bertz CT molecular complexity index is 2150. The van der Waals surface area contributed by atoms with Gasteiger partial charge in [0.15, 0.2) is 5.69 Å². The van der Waals surface area contributed by atoms with Crippen molar-refractivity contribution in [3.8, 4) is 11.8 Å². The molecular formula is C41H49F2N9O3. The van der Waals surface area contributed by atoms with Gasteiger partial charge in [0.2, 0.25) is 0 Å². The monoisotopic (exact) mass is 753 g/mol. The molecule has 6 aliphatic rings. The summed E-state index contributed by atoms with van der Waals surface area (Å²) in [6, 6.07) is 9.56. The van der Waals surface area contributed by atoms with Gasteiger partial charge in [-0.1, -0.05) is 13.0 Å². The largest absolute Gasteiger partial charge is 0.508 e. The minimum Gasteiger partial charge on any atom is -0.508 e. The second kappa shape index (κ2) is 13.6. The van der Waals surface area contributed by atoms with Crippen LogP contribution in [0.2, 0.25) is 0 Å². The third-order valence-corrected chi connectivity index (χ3v) is 13.1. The van der Waals surface area contributed by atoms with Crippen LogP contribution < -0.4 is 19.9 Å². The fourth-order valence-corrected chi connectivity index (χ4v) is 10.5. The lowest BCUT2D eigenvalue weighted by atomic mass is 9.95. The van der Waals surface area contributed by atoms with Gasteiger partial charge in [0.1, 0.15) is 30.2 Å². The Balaban J connectivity index is 0.988. The van der Waals surface area contributed by atoms with E-state index in [9.17, 15) is 14.3 Å². The number of halogens is 2. The molecule has 8 heterocycles. The Labute approximate surface area is 319 Å². The van der Waals surface area contributed by atoms with Crippen LogP contribution in [-0.2, 0) is 32.5 Å². The molecular weight excluding hydrogens is 705 g/mol. The van der Waals surface area contributed by atoms with Crippen molar-refractivity contribution in [2.75, 3.05) is 55.7 Å². The summed E-state index contributed by atoms with van der Waals surface area (Å²) in [5, 5.41) is 20.8. The van der Waals surface area contributed by atoms with E-state index in [0.717, 1.165) is 84.4 Å². The van der Waals surface area contributed by atoms with E-state index < -0.39 is 6.17 Å². The molecule has 0 saturated carbocycles. The maximum atomic E-state index is 15.2. The highest BCUT2D eigenvalue weighted by Crippen LogP contribution is 2.42. The molecule has 14 heteroatoms. The van der Waals surface area contributed by atoms with Crippen LogP contribution >= 0.6 is 0 Å². The van der Waals surface area contributed by atoms with Gasteiger partial charge in [0.05, 0.1) is 30.0 Å². The summed E-state index contributed by atoms with van der Waals surface area (Å²) < 4.78 is 38.4. The van der Waals surface area contributed by atoms with Gasteiger partial charge in [-0.25, -0.2) is 8.78 Å². The van der Waals surface area contributed by atoms with E-state index in [-0.39, 0.29) is 29.0 Å². The number of nitrogens with zero attached hydrogens (tertiary/aromatic N) is 8. The van der Waals surface area contributed by atoms with Crippen molar-refractivity contribution in [3.63, 3.8) is 0 Å². The Hall–Kier alpha value is -4.56. The van der Waals surface area contributed by atoms with Gasteiger partial charge in [0.25, 0.3) is 5.91 Å². The number of piperazine rings is 1. The predicted octanol–water partition coefficient (Wildman–Crippen LogP) is 4.74. The third-order valence-electron chi connectivity index (χ3n) is 13.1. The highest BCUT2D eigenvalue weighted by molar-refractivity contribution is 5.98. The number of aromatic nitrogens is 4. The highest BCUT2D eigenvalue weighted by atomic mass is 19.1. The number of carbonyl (C=O) groups is 1. The predicted molar refractivity (Wildman–Crippen MR) is 204 cm³/mol. The molecule has 2 N–H and O–H groups in total. The van der Waals surface area contributed by atoms with Gasteiger partial charge in [-0.2, -0.15) is 15.1 Å². The van der Waals surface area contributed by atoms with Crippen molar-refractivity contribution in [2.24, 2.45) is 0 Å². The fourth-order valence-electron chi connectivity index (χ4n) is 10.5. The average Bonchev–Trinajstić information content (AvgIpc) is 3.91. The molecule has 12 nitrogen and oxygen atoms in total. The number of carbonyl (C=O) groups excluding carboxylic acids is 1. The number of anilines is 2. The maximum absolute atomic E-state index is 15.2. The van der Waals surface area contributed by atoms with E-state index in [0.29, 0.717) is 95.0 Å². The normalized spacial score (nSPS) is 26.3. The van der Waals surface area contributed by atoms with Gasteiger partial charge in [-0.3, -0.25) is 14.4 Å². The molecule has 2 aromatic heterocycles. The minimum absolute atomic E-state index is 0.00550. The van der Waals surface area contributed by atoms with Gasteiger partial charge in [-0.05, 0) is 80.6 Å². The molecule has 4 aromatic rings. The number of hydrogen-bond acceptors (Lipinski definition) is 10. The van der Waals surface area contributed by atoms with Crippen molar-refractivity contribution >= 4 is 28.2 Å². The molecule has 4 fully saturated rings. The molecule has 4 saturated heterocycles. The molecule has 4 atom stereocenters. The third kappa shape index (κ3) is 6.16. The molecule has 2 unspecified atom stereocenters. The Morgan fingerprint density at radius 2 is 1.87 bits per heavy atom. The van der Waals surface area contributed by atoms with Gasteiger partial charge < -0.3 is 29.9 Å². The van der Waals surface area contributed by atoms with E-state index in [2.05, 4.69) is 20.0 Å². The summed E-state index contributed by atoms with van der Waals surface area (Å²) >= 11 is 0. The number of fused-ring (bicyclic) bond motifs is 6. The molecule has 6 aliphatic heterocycles. The molecule has 2 aromatic carbocycles. The van der Waals surface area contributed by atoms with Crippen LogP contribution in [0.5, 0.6) is 11.8 Å². The van der Waals surface area contributed by atoms with Crippen molar-refractivity contribution in [3.05, 3.63) is 64.4 Å². The topological polar surface area (TPSA) is 115 Å². The number of amides is 1. The molecule has 55 heavy (non-hydrogen) atoms. The lowest BCUT2D eigenvalue weighted by molar-refractivity contribution is 0.0690. The van der Waals surface area contributed by atoms with E-state index in [1.54, 1.807) is 18.2 Å². The van der Waals surface area contributed by atoms with Crippen molar-refractivity contribution in [2.45, 2.75) is 102 Å². The number of phenolic OH excluding ortho intramolecular Hbond substituents is 1. The van der Waals surface area contributed by atoms with E-state index in [1.165, 1.54) is 6.07 Å². The lowest BCUT2D eigenvalue weighted by Crippen LogP contribution is -2.53. The summed E-state index contributed by atoms with van der Waals surface area (Å²) in [4.78, 5) is 32.5. The van der Waals surface area contributed by atoms with Gasteiger partial charge in [-0.15, -0.1) is 0 Å². The molecule has 0 aliphatic carbocycles. The maximum Gasteiger partial charge on any atom is 0.318 e. The number of nitrogens with one attached hydrogen (secondary N) is 1. The average molecular weight is 754 g/mol. The summed E-state index contributed by atoms with van der Waals surface area (Å²) in [7, 11) is 0. The second-order valence-corrected chi connectivity index (χ2v) is 16.6. The molecule has 1 amide bonds. The SMILES string of the molecule is CCc1c(F)ccc2cc(O)cc(N3CCc4c(nc(OC[C@@]56CCCN5C[C@H](F)C6)nc4N4CCCn5nc(C(=O)N6CC7CCC(C6)N7)cc5C4)C3)c12. The standard InChI is InChI=1S/C41H49F2N9O3/c1-2-31-33(43)8-5-25-15-30(53)17-36(37(25)31)48-14-9-32-35(23-48)45-40(55-24-41-10-3-12-51(41)19-26(42)18-41)46-38(32)49-11-4-13-52-29(22-49)16-34(47-52)39(54)50-20-27-6-7-28(21-50)44-27/h5,8,15-17,26-28,44,53H,2-4,6-7,9-14,18-24H2,1H3/t26-,27?,28?,41+/m1/s1. The van der Waals surface area contributed by atoms with Crippen LogP contribution in [0.25, 0.3) is 10.8 Å². The van der Waals surface area contributed by atoms with Crippen LogP contribution in [0.3, 0.4) is 0 Å². The molecule has 290 valence electrons. The smallest absolute Gasteiger partial charge is 0.318 e. The summed E-state index contributed by atoms with van der Waals surface area (Å²) in [5.41, 5.74) is 4.34. The van der Waals surface area contributed by atoms with Crippen molar-refractivity contribution in [1.82, 2.24) is 34.9 Å². The molecule has 10 rings (SSSR count). The zero-order valence-electron chi connectivity index (χ0n) is 31.4.